The summed E-state index contributed by atoms with van der Waals surface area (Å²) < 4.78 is 9.89. The zero-order valence-corrected chi connectivity index (χ0v) is 24.3. The number of amides is 4. The minimum Gasteiger partial charge on any atom is -0.463 e. The van der Waals surface area contributed by atoms with Crippen LogP contribution >= 0.6 is 0 Å². The number of nitrogens with one attached hydrogen (secondary N) is 3. The van der Waals surface area contributed by atoms with Gasteiger partial charge in [-0.15, -0.1) is 0 Å². The Morgan fingerprint density at radius 3 is 2.23 bits per heavy atom. The SMILES string of the molecule is CCC(=O)O/C(C(=O)OC)=C(/NC(=O)[C@@H]1CCCN1C(=O)C(C)NC(=O)C(C)NC(=O)CCCOOC)C(C)C. The van der Waals surface area contributed by atoms with Gasteiger partial charge in [0.25, 0.3) is 0 Å². The Morgan fingerprint density at radius 1 is 0.975 bits per heavy atom. The van der Waals surface area contributed by atoms with Gasteiger partial charge in [0.05, 0.1) is 26.5 Å². The van der Waals surface area contributed by atoms with Gasteiger partial charge in [-0.1, -0.05) is 20.8 Å². The number of nitrogens with zero attached hydrogens (tertiary/aromatic N) is 1. The number of allylic oxidation sites excluding steroid dienone is 1. The Labute approximate surface area is 234 Å². The van der Waals surface area contributed by atoms with Crippen LogP contribution in [0.2, 0.25) is 0 Å². The lowest BCUT2D eigenvalue weighted by Crippen LogP contribution is -2.55. The first-order valence-corrected chi connectivity index (χ1v) is 13.3. The number of esters is 2. The second-order valence-corrected chi connectivity index (χ2v) is 9.51. The summed E-state index contributed by atoms with van der Waals surface area (Å²) >= 11 is 0. The minimum atomic E-state index is -0.980. The fourth-order valence-electron chi connectivity index (χ4n) is 3.87. The van der Waals surface area contributed by atoms with Crippen molar-refractivity contribution in [3.8, 4) is 0 Å². The first-order chi connectivity index (χ1) is 18.9. The van der Waals surface area contributed by atoms with Gasteiger partial charge in [-0.25, -0.2) is 14.6 Å². The summed E-state index contributed by atoms with van der Waals surface area (Å²) in [6.45, 7) is 8.43. The first-order valence-electron chi connectivity index (χ1n) is 13.3. The van der Waals surface area contributed by atoms with E-state index in [4.69, 9.17) is 14.4 Å². The lowest BCUT2D eigenvalue weighted by atomic mass is 10.1. The molecule has 0 aromatic heterocycles. The summed E-state index contributed by atoms with van der Waals surface area (Å²) in [5.41, 5.74) is 0.0534. The molecule has 3 atom stereocenters. The summed E-state index contributed by atoms with van der Waals surface area (Å²) in [7, 11) is 2.48. The maximum atomic E-state index is 13.3. The highest BCUT2D eigenvalue weighted by molar-refractivity contribution is 5.95. The van der Waals surface area contributed by atoms with E-state index in [-0.39, 0.29) is 37.6 Å². The Kier molecular flexibility index (Phi) is 14.9. The molecule has 40 heavy (non-hydrogen) atoms. The van der Waals surface area contributed by atoms with E-state index in [2.05, 4.69) is 20.8 Å². The lowest BCUT2D eigenvalue weighted by molar-refractivity contribution is -0.272. The lowest BCUT2D eigenvalue weighted by Gasteiger charge is -2.28. The van der Waals surface area contributed by atoms with Crippen molar-refractivity contribution in [2.45, 2.75) is 84.8 Å². The average molecular weight is 571 g/mol. The van der Waals surface area contributed by atoms with Crippen LogP contribution in [-0.4, -0.2) is 86.0 Å². The monoisotopic (exact) mass is 570 g/mol. The van der Waals surface area contributed by atoms with E-state index in [9.17, 15) is 28.8 Å². The number of likely N-dealkylation sites (tertiary alicyclic amines) is 1. The number of ether oxygens (including phenoxy) is 2. The molecule has 2 unspecified atom stereocenters. The van der Waals surface area contributed by atoms with Crippen molar-refractivity contribution in [2.75, 3.05) is 27.4 Å². The first kappa shape index (κ1) is 34.5. The van der Waals surface area contributed by atoms with E-state index < -0.39 is 59.5 Å². The summed E-state index contributed by atoms with van der Waals surface area (Å²) in [6.07, 6.45) is 1.42. The van der Waals surface area contributed by atoms with Gasteiger partial charge in [0, 0.05) is 19.4 Å². The Hall–Kier alpha value is -3.52. The molecule has 1 aliphatic heterocycles. The topological polar surface area (TPSA) is 179 Å². The fraction of sp³-hybridized carbons (Fsp3) is 0.692. The highest BCUT2D eigenvalue weighted by Gasteiger charge is 2.38. The molecule has 14 heteroatoms. The van der Waals surface area contributed by atoms with Crippen LogP contribution in [0.1, 0.15) is 66.7 Å². The minimum absolute atomic E-state index is 0.0000259. The van der Waals surface area contributed by atoms with Crippen molar-refractivity contribution in [2.24, 2.45) is 5.92 Å². The van der Waals surface area contributed by atoms with Crippen molar-refractivity contribution in [3.05, 3.63) is 11.5 Å². The molecule has 0 radical (unpaired) electrons. The van der Waals surface area contributed by atoms with Crippen molar-refractivity contribution >= 4 is 35.6 Å². The van der Waals surface area contributed by atoms with Crippen molar-refractivity contribution in [3.63, 3.8) is 0 Å². The molecule has 0 bridgehead atoms. The van der Waals surface area contributed by atoms with Crippen LogP contribution < -0.4 is 16.0 Å². The maximum absolute atomic E-state index is 13.3. The van der Waals surface area contributed by atoms with Crippen molar-refractivity contribution in [1.82, 2.24) is 20.9 Å². The zero-order valence-electron chi connectivity index (χ0n) is 24.3. The van der Waals surface area contributed by atoms with Crippen LogP contribution in [0.3, 0.4) is 0 Å². The number of rotatable bonds is 15. The number of hydrogen-bond donors (Lipinski definition) is 3. The zero-order chi connectivity index (χ0) is 30.4. The largest absolute Gasteiger partial charge is 0.463 e. The standard InChI is InChI=1S/C26H42N4O10/c1-8-20(32)40-22(26(36)37-6)21(15(2)3)29-24(34)18-11-9-13-30(18)25(35)17(5)28-23(33)16(4)27-19(31)12-10-14-39-38-7/h15-18H,8-14H2,1-7H3,(H,27,31)(H,28,33)(H,29,34)/b22-21+/t16?,17?,18-/m0/s1. The molecule has 1 rings (SSSR count). The van der Waals surface area contributed by atoms with Gasteiger partial charge in [0.2, 0.25) is 29.4 Å². The molecule has 0 aliphatic carbocycles. The summed E-state index contributed by atoms with van der Waals surface area (Å²) in [5, 5.41) is 7.78. The van der Waals surface area contributed by atoms with Crippen LogP contribution in [0.25, 0.3) is 0 Å². The number of carbonyl (C=O) groups excluding carboxylic acids is 6. The molecule has 0 aromatic rings. The van der Waals surface area contributed by atoms with E-state index in [0.29, 0.717) is 19.3 Å². The van der Waals surface area contributed by atoms with E-state index >= 15 is 0 Å². The van der Waals surface area contributed by atoms with Crippen LogP contribution in [-0.2, 0) is 48.0 Å². The van der Waals surface area contributed by atoms with Gasteiger partial charge >= 0.3 is 11.9 Å². The molecule has 3 N–H and O–H groups in total. The molecule has 14 nitrogen and oxygen atoms in total. The predicted molar refractivity (Wildman–Crippen MR) is 141 cm³/mol. The van der Waals surface area contributed by atoms with Crippen LogP contribution in [0.15, 0.2) is 11.5 Å². The van der Waals surface area contributed by atoms with Crippen LogP contribution in [0.4, 0.5) is 0 Å². The average Bonchev–Trinajstić information content (AvgIpc) is 3.41. The number of hydrogen-bond acceptors (Lipinski definition) is 10. The van der Waals surface area contributed by atoms with E-state index in [1.807, 2.05) is 0 Å². The summed E-state index contributed by atoms with van der Waals surface area (Å²) in [4.78, 5) is 85.8. The summed E-state index contributed by atoms with van der Waals surface area (Å²) in [5.74, 6) is -4.43. The van der Waals surface area contributed by atoms with Crippen molar-refractivity contribution in [1.29, 1.82) is 0 Å². The molecule has 1 saturated heterocycles. The molecule has 0 saturated carbocycles. The predicted octanol–water partition coefficient (Wildman–Crippen LogP) is 0.455. The third-order valence-electron chi connectivity index (χ3n) is 6.04. The molecular formula is C26H42N4O10. The molecular weight excluding hydrogens is 528 g/mol. The number of carbonyl (C=O) groups is 6. The van der Waals surface area contributed by atoms with Gasteiger partial charge in [0.15, 0.2) is 0 Å². The normalized spacial score (nSPS) is 16.9. The highest BCUT2D eigenvalue weighted by Crippen LogP contribution is 2.21. The van der Waals surface area contributed by atoms with Gasteiger partial charge in [-0.3, -0.25) is 24.0 Å². The Morgan fingerprint density at radius 2 is 1.65 bits per heavy atom. The van der Waals surface area contributed by atoms with Crippen LogP contribution in [0.5, 0.6) is 0 Å². The van der Waals surface area contributed by atoms with Gasteiger partial charge < -0.3 is 30.3 Å². The third-order valence-corrected chi connectivity index (χ3v) is 6.04. The van der Waals surface area contributed by atoms with Gasteiger partial charge in [0.1, 0.15) is 18.1 Å². The maximum Gasteiger partial charge on any atom is 0.375 e. The molecule has 1 heterocycles. The molecule has 0 aromatic carbocycles. The van der Waals surface area contributed by atoms with E-state index in [1.165, 1.54) is 25.9 Å². The van der Waals surface area contributed by atoms with Gasteiger partial charge in [-0.2, -0.15) is 0 Å². The summed E-state index contributed by atoms with van der Waals surface area (Å²) in [6, 6.07) is -2.76. The second-order valence-electron chi connectivity index (χ2n) is 9.51. The Bertz CT molecular complexity index is 965. The Balaban J connectivity index is 2.90. The fourth-order valence-corrected chi connectivity index (χ4v) is 3.87. The van der Waals surface area contributed by atoms with Gasteiger partial charge in [-0.05, 0) is 39.0 Å². The van der Waals surface area contributed by atoms with Crippen LogP contribution in [0, 0.1) is 5.92 Å². The smallest absolute Gasteiger partial charge is 0.375 e. The molecule has 1 fully saturated rings. The molecule has 1 aliphatic rings. The molecule has 226 valence electrons. The quantitative estimate of drug-likeness (QED) is 0.0625. The number of methoxy groups -OCH3 is 1. The van der Waals surface area contributed by atoms with E-state index in [0.717, 1.165) is 7.11 Å². The van der Waals surface area contributed by atoms with E-state index in [1.54, 1.807) is 20.8 Å². The highest BCUT2D eigenvalue weighted by atomic mass is 17.2. The molecule has 4 amide bonds. The second kappa shape index (κ2) is 17.2. The van der Waals surface area contributed by atoms with Crippen molar-refractivity contribution < 1.29 is 48.0 Å². The molecule has 0 spiro atoms. The third kappa shape index (κ3) is 10.6.